The van der Waals surface area contributed by atoms with Crippen LogP contribution in [0.3, 0.4) is 0 Å². The van der Waals surface area contributed by atoms with E-state index < -0.39 is 29.1 Å². The van der Waals surface area contributed by atoms with E-state index in [2.05, 4.69) is 21.5 Å². The number of fused-ring (bicyclic) bond motifs is 1. The first-order valence-electron chi connectivity index (χ1n) is 9.78. The van der Waals surface area contributed by atoms with Crippen molar-refractivity contribution in [3.8, 4) is 5.88 Å². The largest absolute Gasteiger partial charge is 0.494 e. The molecule has 0 bridgehead atoms. The van der Waals surface area contributed by atoms with Crippen LogP contribution in [0.25, 0.3) is 10.9 Å². The van der Waals surface area contributed by atoms with E-state index in [0.29, 0.717) is 0 Å². The lowest BCUT2D eigenvalue weighted by atomic mass is 10.0. The quantitative estimate of drug-likeness (QED) is 0.289. The minimum Gasteiger partial charge on any atom is -0.494 e. The number of nitrogens with one attached hydrogen (secondary N) is 2. The van der Waals surface area contributed by atoms with Gasteiger partial charge in [-0.25, -0.2) is 9.59 Å². The standard InChI is InChI=1S/C22H24N4O5/c1-4-10-26-20(28)18(19(27)25-22(26)30)15(5-2)24-17(21(29)31-3)11-13-12-23-16-9-7-6-8-14(13)16/h4,6-9,12,17,23,28H,1,5,10-11H2,2-3H3,(H,25,27,30)/t17-/m1/s1. The fraction of sp³-hybridized carbons (Fsp3) is 0.273. The second-order valence-electron chi connectivity index (χ2n) is 6.89. The topological polar surface area (TPSA) is 130 Å². The number of rotatable bonds is 8. The lowest BCUT2D eigenvalue weighted by Gasteiger charge is -2.15. The average Bonchev–Trinajstić information content (AvgIpc) is 3.17. The van der Waals surface area contributed by atoms with Gasteiger partial charge in [0.1, 0.15) is 5.56 Å². The van der Waals surface area contributed by atoms with Crippen molar-refractivity contribution in [3.63, 3.8) is 0 Å². The number of methoxy groups -OCH3 is 1. The van der Waals surface area contributed by atoms with Crippen molar-refractivity contribution in [2.45, 2.75) is 32.4 Å². The summed E-state index contributed by atoms with van der Waals surface area (Å²) in [6.45, 7) is 5.29. The molecular formula is C22H24N4O5. The lowest BCUT2D eigenvalue weighted by molar-refractivity contribution is -0.142. The summed E-state index contributed by atoms with van der Waals surface area (Å²) in [5.74, 6) is -1.10. The Labute approximate surface area is 177 Å². The Morgan fingerprint density at radius 3 is 2.77 bits per heavy atom. The van der Waals surface area contributed by atoms with Crippen LogP contribution < -0.4 is 11.2 Å². The van der Waals surface area contributed by atoms with Crippen molar-refractivity contribution in [2.75, 3.05) is 7.11 Å². The third-order valence-electron chi connectivity index (χ3n) is 4.98. The predicted molar refractivity (Wildman–Crippen MR) is 118 cm³/mol. The molecule has 9 heteroatoms. The van der Waals surface area contributed by atoms with Crippen LogP contribution in [-0.4, -0.2) is 44.5 Å². The van der Waals surface area contributed by atoms with Gasteiger partial charge in [0.05, 0.1) is 12.8 Å². The maximum Gasteiger partial charge on any atom is 0.331 e. The Bertz CT molecular complexity index is 1260. The number of allylic oxidation sites excluding steroid dienone is 1. The number of nitrogens with zero attached hydrogens (tertiary/aromatic N) is 2. The molecule has 0 saturated heterocycles. The zero-order valence-electron chi connectivity index (χ0n) is 17.3. The zero-order chi connectivity index (χ0) is 22.5. The highest BCUT2D eigenvalue weighted by atomic mass is 16.5. The van der Waals surface area contributed by atoms with Crippen molar-refractivity contribution in [1.29, 1.82) is 0 Å². The van der Waals surface area contributed by atoms with Crippen LogP contribution in [0.2, 0.25) is 0 Å². The third-order valence-corrected chi connectivity index (χ3v) is 4.98. The Balaban J connectivity index is 2.10. The molecule has 0 aliphatic rings. The highest BCUT2D eigenvalue weighted by Gasteiger charge is 2.24. The fourth-order valence-corrected chi connectivity index (χ4v) is 3.47. The highest BCUT2D eigenvalue weighted by Crippen LogP contribution is 2.21. The van der Waals surface area contributed by atoms with Gasteiger partial charge in [-0.3, -0.25) is 19.3 Å². The molecule has 0 saturated carbocycles. The number of hydrogen-bond donors (Lipinski definition) is 3. The number of carbonyl (C=O) groups is 1. The summed E-state index contributed by atoms with van der Waals surface area (Å²) in [6.07, 6.45) is 3.69. The Kier molecular flexibility index (Phi) is 6.54. The van der Waals surface area contributed by atoms with Gasteiger partial charge in [-0.1, -0.05) is 31.2 Å². The van der Waals surface area contributed by atoms with Crippen LogP contribution in [0.5, 0.6) is 5.88 Å². The zero-order valence-corrected chi connectivity index (χ0v) is 17.3. The first-order valence-corrected chi connectivity index (χ1v) is 9.78. The second kappa shape index (κ2) is 9.29. The monoisotopic (exact) mass is 424 g/mol. The van der Waals surface area contributed by atoms with E-state index in [-0.39, 0.29) is 30.7 Å². The summed E-state index contributed by atoms with van der Waals surface area (Å²) in [6, 6.07) is 6.71. The van der Waals surface area contributed by atoms with Gasteiger partial charge in [0.2, 0.25) is 5.88 Å². The van der Waals surface area contributed by atoms with Gasteiger partial charge in [0, 0.05) is 30.1 Å². The number of para-hydroxylation sites is 1. The molecule has 0 spiro atoms. The maximum absolute atomic E-state index is 12.5. The molecular weight excluding hydrogens is 400 g/mol. The minimum absolute atomic E-state index is 0.00120. The maximum atomic E-state index is 12.5. The molecule has 9 nitrogen and oxygen atoms in total. The number of ether oxygens (including phenoxy) is 1. The average molecular weight is 424 g/mol. The number of aromatic hydroxyl groups is 1. The Hall–Kier alpha value is -3.88. The van der Waals surface area contributed by atoms with E-state index in [1.807, 2.05) is 24.3 Å². The Morgan fingerprint density at radius 1 is 1.35 bits per heavy atom. The van der Waals surface area contributed by atoms with Crippen molar-refractivity contribution in [3.05, 3.63) is 75.1 Å². The van der Waals surface area contributed by atoms with Crippen LogP contribution in [0.1, 0.15) is 24.5 Å². The molecule has 0 fully saturated rings. The van der Waals surface area contributed by atoms with Crippen LogP contribution >= 0.6 is 0 Å². The number of benzene rings is 1. The van der Waals surface area contributed by atoms with E-state index in [1.165, 1.54) is 13.2 Å². The molecule has 3 N–H and O–H groups in total. The molecule has 3 rings (SSSR count). The van der Waals surface area contributed by atoms with Gasteiger partial charge in [-0.2, -0.15) is 0 Å². The van der Waals surface area contributed by atoms with Gasteiger partial charge in [-0.15, -0.1) is 6.58 Å². The molecule has 0 aliphatic heterocycles. The van der Waals surface area contributed by atoms with Crippen molar-refractivity contribution in [1.82, 2.24) is 14.5 Å². The first-order chi connectivity index (χ1) is 14.9. The van der Waals surface area contributed by atoms with Crippen LogP contribution in [-0.2, 0) is 22.5 Å². The number of aromatic nitrogens is 3. The molecule has 1 atom stereocenters. The molecule has 3 aromatic rings. The fourth-order valence-electron chi connectivity index (χ4n) is 3.47. The summed E-state index contributed by atoms with van der Waals surface area (Å²) >= 11 is 0. The van der Waals surface area contributed by atoms with Gasteiger partial charge < -0.3 is 14.8 Å². The van der Waals surface area contributed by atoms with E-state index >= 15 is 0 Å². The van der Waals surface area contributed by atoms with Gasteiger partial charge in [-0.05, 0) is 18.1 Å². The minimum atomic E-state index is -0.947. The van der Waals surface area contributed by atoms with E-state index in [9.17, 15) is 19.5 Å². The van der Waals surface area contributed by atoms with E-state index in [4.69, 9.17) is 4.74 Å². The highest BCUT2D eigenvalue weighted by molar-refractivity contribution is 6.03. The molecule has 0 unspecified atom stereocenters. The molecule has 2 aromatic heterocycles. The van der Waals surface area contributed by atoms with Gasteiger partial charge in [0.15, 0.2) is 6.04 Å². The molecule has 1 aromatic carbocycles. The molecule has 31 heavy (non-hydrogen) atoms. The number of hydrogen-bond acceptors (Lipinski definition) is 6. The number of esters is 1. The van der Waals surface area contributed by atoms with Gasteiger partial charge in [0.25, 0.3) is 5.56 Å². The first kappa shape index (κ1) is 21.8. The lowest BCUT2D eigenvalue weighted by Crippen LogP contribution is -2.34. The second-order valence-corrected chi connectivity index (χ2v) is 6.89. The summed E-state index contributed by atoms with van der Waals surface area (Å²) in [7, 11) is 1.26. The summed E-state index contributed by atoms with van der Waals surface area (Å²) in [5, 5.41) is 11.5. The van der Waals surface area contributed by atoms with Crippen LogP contribution in [0, 0.1) is 0 Å². The number of aliphatic imine (C=N–C) groups is 1. The molecule has 0 aliphatic carbocycles. The number of aromatic amines is 2. The third kappa shape index (κ3) is 4.35. The molecule has 162 valence electrons. The van der Waals surface area contributed by atoms with Crippen molar-refractivity contribution in [2.24, 2.45) is 4.99 Å². The smallest absolute Gasteiger partial charge is 0.331 e. The van der Waals surface area contributed by atoms with Crippen molar-refractivity contribution < 1.29 is 14.6 Å². The number of carbonyl (C=O) groups excluding carboxylic acids is 1. The van der Waals surface area contributed by atoms with Crippen molar-refractivity contribution >= 4 is 22.6 Å². The molecule has 0 radical (unpaired) electrons. The Morgan fingerprint density at radius 2 is 2.10 bits per heavy atom. The normalized spacial score (nSPS) is 12.6. The summed E-state index contributed by atoms with van der Waals surface area (Å²) in [5.41, 5.74) is 0.277. The van der Waals surface area contributed by atoms with E-state index in [1.54, 1.807) is 13.1 Å². The predicted octanol–water partition coefficient (Wildman–Crippen LogP) is 1.89. The van der Waals surface area contributed by atoms with Gasteiger partial charge >= 0.3 is 11.7 Å². The molecule has 2 heterocycles. The summed E-state index contributed by atoms with van der Waals surface area (Å²) < 4.78 is 5.90. The number of H-pyrrole nitrogens is 2. The van der Waals surface area contributed by atoms with Crippen LogP contribution in [0.15, 0.2) is 57.7 Å². The van der Waals surface area contributed by atoms with E-state index in [0.717, 1.165) is 21.0 Å². The molecule has 0 amide bonds. The van der Waals surface area contributed by atoms with Crippen LogP contribution in [0.4, 0.5) is 0 Å². The SMILES string of the molecule is C=CCn1c(O)c(C(CC)=N[C@H](Cc2c[nH]c3ccccc23)C(=O)OC)c(=O)[nH]c1=O. The summed E-state index contributed by atoms with van der Waals surface area (Å²) in [4.78, 5) is 46.8.